The third-order valence-corrected chi connectivity index (χ3v) is 4.07. The molecule has 132 valence electrons. The molecule has 0 aliphatic rings. The summed E-state index contributed by atoms with van der Waals surface area (Å²) in [6, 6.07) is 10.6. The summed E-state index contributed by atoms with van der Waals surface area (Å²) in [4.78, 5) is 29.3. The molecule has 3 aromatic rings. The van der Waals surface area contributed by atoms with Crippen molar-refractivity contribution in [1.29, 1.82) is 0 Å². The third-order valence-electron chi connectivity index (χ3n) is 3.84. The zero-order valence-corrected chi connectivity index (χ0v) is 15.1. The number of pyridine rings is 1. The van der Waals surface area contributed by atoms with Crippen LogP contribution < -0.4 is 10.9 Å². The molecule has 0 aliphatic heterocycles. The van der Waals surface area contributed by atoms with Crippen LogP contribution in [0.5, 0.6) is 0 Å². The lowest BCUT2D eigenvalue weighted by Crippen LogP contribution is -2.28. The second-order valence-electron chi connectivity index (χ2n) is 5.65. The fourth-order valence-corrected chi connectivity index (χ4v) is 2.85. The number of carbonyl (C=O) groups is 1. The van der Waals surface area contributed by atoms with Crippen LogP contribution in [0, 0.1) is 0 Å². The van der Waals surface area contributed by atoms with Crippen LogP contribution in [0.25, 0.3) is 11.3 Å². The van der Waals surface area contributed by atoms with Crippen LogP contribution in [-0.4, -0.2) is 20.5 Å². The summed E-state index contributed by atoms with van der Waals surface area (Å²) in [5.41, 5.74) is 1.72. The zero-order chi connectivity index (χ0) is 18.7. The van der Waals surface area contributed by atoms with Crippen molar-refractivity contribution in [2.75, 3.05) is 5.32 Å². The molecular weight excluding hydrogens is 352 g/mol. The lowest BCUT2D eigenvalue weighted by Gasteiger charge is -2.16. The van der Waals surface area contributed by atoms with Crippen molar-refractivity contribution in [2.45, 2.75) is 20.4 Å². The third kappa shape index (κ3) is 3.50. The minimum absolute atomic E-state index is 0.178. The number of benzene rings is 1. The van der Waals surface area contributed by atoms with E-state index in [2.05, 4.69) is 15.4 Å². The van der Waals surface area contributed by atoms with Crippen molar-refractivity contribution in [3.05, 3.63) is 69.7 Å². The Morgan fingerprint density at radius 3 is 2.69 bits per heavy atom. The van der Waals surface area contributed by atoms with E-state index in [4.69, 9.17) is 11.6 Å². The van der Waals surface area contributed by atoms with Crippen LogP contribution in [0.2, 0.25) is 5.02 Å². The second-order valence-corrected chi connectivity index (χ2v) is 6.09. The molecule has 0 atom stereocenters. The fraction of sp³-hybridized carbons (Fsp3) is 0.158. The van der Waals surface area contributed by atoms with Crippen LogP contribution >= 0.6 is 11.6 Å². The van der Waals surface area contributed by atoms with E-state index in [1.807, 2.05) is 6.92 Å². The van der Waals surface area contributed by atoms with E-state index >= 15 is 0 Å². The van der Waals surface area contributed by atoms with Gasteiger partial charge in [0.15, 0.2) is 5.78 Å². The Morgan fingerprint density at radius 2 is 2.08 bits per heavy atom. The first kappa shape index (κ1) is 17.8. The molecule has 6 nitrogen and oxygen atoms in total. The number of nitrogens with zero attached hydrogens (tertiary/aromatic N) is 3. The van der Waals surface area contributed by atoms with Gasteiger partial charge in [-0.15, -0.1) is 0 Å². The number of halogens is 1. The number of anilines is 2. The average Bonchev–Trinajstić information content (AvgIpc) is 2.63. The maximum Gasteiger partial charge on any atom is 0.291 e. The van der Waals surface area contributed by atoms with E-state index in [9.17, 15) is 9.59 Å². The fourth-order valence-electron chi connectivity index (χ4n) is 2.66. The first-order chi connectivity index (χ1) is 12.5. The molecule has 0 unspecified atom stereocenters. The van der Waals surface area contributed by atoms with Gasteiger partial charge in [-0.25, -0.2) is 4.68 Å². The SMILES string of the molecule is CCn1nc(-c2cccc(Cl)c2)c(C(C)=O)c(Nc2cccnc2)c1=O. The monoisotopic (exact) mass is 368 g/mol. The summed E-state index contributed by atoms with van der Waals surface area (Å²) in [7, 11) is 0. The Labute approximate surface area is 155 Å². The molecule has 1 aromatic carbocycles. The number of hydrogen-bond acceptors (Lipinski definition) is 5. The average molecular weight is 369 g/mol. The molecule has 0 saturated heterocycles. The van der Waals surface area contributed by atoms with E-state index < -0.39 is 0 Å². The van der Waals surface area contributed by atoms with E-state index in [0.29, 0.717) is 28.5 Å². The van der Waals surface area contributed by atoms with Crippen LogP contribution in [-0.2, 0) is 6.54 Å². The van der Waals surface area contributed by atoms with Gasteiger partial charge in [0.1, 0.15) is 11.4 Å². The van der Waals surface area contributed by atoms with Crippen molar-refractivity contribution in [1.82, 2.24) is 14.8 Å². The van der Waals surface area contributed by atoms with E-state index in [1.54, 1.807) is 48.8 Å². The minimum atomic E-state index is -0.368. The van der Waals surface area contributed by atoms with Crippen LogP contribution in [0.3, 0.4) is 0 Å². The van der Waals surface area contributed by atoms with Gasteiger partial charge in [-0.2, -0.15) is 5.10 Å². The van der Waals surface area contributed by atoms with Crippen molar-refractivity contribution >= 4 is 28.8 Å². The Hall–Kier alpha value is -2.99. The first-order valence-corrected chi connectivity index (χ1v) is 8.48. The van der Waals surface area contributed by atoms with Gasteiger partial charge in [-0.3, -0.25) is 14.6 Å². The van der Waals surface area contributed by atoms with Gasteiger partial charge in [0.05, 0.1) is 17.4 Å². The zero-order valence-electron chi connectivity index (χ0n) is 14.4. The number of aryl methyl sites for hydroxylation is 1. The lowest BCUT2D eigenvalue weighted by atomic mass is 10.0. The summed E-state index contributed by atoms with van der Waals surface area (Å²) in [5, 5.41) is 7.95. The first-order valence-electron chi connectivity index (χ1n) is 8.10. The maximum atomic E-state index is 12.8. The Bertz CT molecular complexity index is 1020. The number of aromatic nitrogens is 3. The molecular formula is C19H17ClN4O2. The highest BCUT2D eigenvalue weighted by Crippen LogP contribution is 2.28. The molecule has 7 heteroatoms. The van der Waals surface area contributed by atoms with Crippen LogP contribution in [0.15, 0.2) is 53.6 Å². The molecule has 0 bridgehead atoms. The van der Waals surface area contributed by atoms with Gasteiger partial charge in [0.25, 0.3) is 5.56 Å². The standard InChI is InChI=1S/C19H17ClN4O2/c1-3-24-19(26)18(22-15-8-5-9-21-11-15)16(12(2)25)17(23-24)13-6-4-7-14(20)10-13/h4-11,22H,3H2,1-2H3. The van der Waals surface area contributed by atoms with Gasteiger partial charge in [0, 0.05) is 23.3 Å². The predicted octanol–water partition coefficient (Wildman–Crippen LogP) is 3.92. The van der Waals surface area contributed by atoms with Crippen molar-refractivity contribution in [3.63, 3.8) is 0 Å². The van der Waals surface area contributed by atoms with Crippen LogP contribution in [0.4, 0.5) is 11.4 Å². The van der Waals surface area contributed by atoms with Crippen molar-refractivity contribution in [3.8, 4) is 11.3 Å². The summed E-state index contributed by atoms with van der Waals surface area (Å²) in [5.74, 6) is -0.265. The highest BCUT2D eigenvalue weighted by Gasteiger charge is 2.22. The normalized spacial score (nSPS) is 10.6. The number of nitrogens with one attached hydrogen (secondary N) is 1. The largest absolute Gasteiger partial charge is 0.349 e. The number of rotatable bonds is 5. The highest BCUT2D eigenvalue weighted by molar-refractivity contribution is 6.30. The highest BCUT2D eigenvalue weighted by atomic mass is 35.5. The van der Waals surface area contributed by atoms with E-state index in [-0.39, 0.29) is 22.6 Å². The molecule has 0 aliphatic carbocycles. The smallest absolute Gasteiger partial charge is 0.291 e. The van der Waals surface area contributed by atoms with Gasteiger partial charge in [-0.1, -0.05) is 23.7 Å². The molecule has 2 aromatic heterocycles. The Balaban J connectivity index is 2.29. The predicted molar refractivity (Wildman–Crippen MR) is 102 cm³/mol. The second kappa shape index (κ2) is 7.49. The molecule has 26 heavy (non-hydrogen) atoms. The quantitative estimate of drug-likeness (QED) is 0.690. The molecule has 1 N–H and O–H groups in total. The topological polar surface area (TPSA) is 76.9 Å². The molecule has 0 fully saturated rings. The van der Waals surface area contributed by atoms with Gasteiger partial charge in [-0.05, 0) is 38.1 Å². The van der Waals surface area contributed by atoms with E-state index in [1.165, 1.54) is 11.6 Å². The summed E-state index contributed by atoms with van der Waals surface area (Å²) < 4.78 is 1.32. The van der Waals surface area contributed by atoms with Gasteiger partial charge < -0.3 is 5.32 Å². The molecule has 3 rings (SSSR count). The summed E-state index contributed by atoms with van der Waals surface area (Å²) in [6.07, 6.45) is 3.21. The number of carbonyl (C=O) groups excluding carboxylic acids is 1. The molecule has 0 amide bonds. The van der Waals surface area contributed by atoms with Crippen LogP contribution in [0.1, 0.15) is 24.2 Å². The number of ketones is 1. The lowest BCUT2D eigenvalue weighted by molar-refractivity contribution is 0.101. The summed E-state index contributed by atoms with van der Waals surface area (Å²) in [6.45, 7) is 3.60. The van der Waals surface area contributed by atoms with Crippen molar-refractivity contribution < 1.29 is 4.79 Å². The van der Waals surface area contributed by atoms with Crippen molar-refractivity contribution in [2.24, 2.45) is 0 Å². The molecule has 0 radical (unpaired) electrons. The Morgan fingerprint density at radius 1 is 1.27 bits per heavy atom. The summed E-state index contributed by atoms with van der Waals surface area (Å²) >= 11 is 6.10. The van der Waals surface area contributed by atoms with E-state index in [0.717, 1.165) is 0 Å². The maximum absolute atomic E-state index is 12.8. The number of hydrogen-bond donors (Lipinski definition) is 1. The minimum Gasteiger partial charge on any atom is -0.349 e. The molecule has 2 heterocycles. The molecule has 0 spiro atoms. The van der Waals surface area contributed by atoms with Gasteiger partial charge in [0.2, 0.25) is 0 Å². The molecule has 0 saturated carbocycles. The Kier molecular flexibility index (Phi) is 5.14. The number of Topliss-reactive ketones (excluding diaryl/α,β-unsaturated/α-hetero) is 1. The van der Waals surface area contributed by atoms with Gasteiger partial charge >= 0.3 is 0 Å².